The molecular weight excluding hydrogens is 564 g/mol. The van der Waals surface area contributed by atoms with Crippen LogP contribution in [-0.2, 0) is 20.9 Å². The van der Waals surface area contributed by atoms with Crippen LogP contribution in [0.2, 0.25) is 0 Å². The van der Waals surface area contributed by atoms with Crippen LogP contribution >= 0.6 is 35.9 Å². The third-order valence-corrected chi connectivity index (χ3v) is 10.4. The topological polar surface area (TPSA) is 81.8 Å². The molecule has 4 rings (SSSR count). The van der Waals surface area contributed by atoms with Gasteiger partial charge < -0.3 is 15.5 Å². The number of hydrogen-bond acceptors (Lipinski definition) is 6. The van der Waals surface area contributed by atoms with Gasteiger partial charge >= 0.3 is 0 Å². The minimum absolute atomic E-state index is 0. The van der Waals surface area contributed by atoms with Gasteiger partial charge in [-0.2, -0.15) is 11.8 Å². The van der Waals surface area contributed by atoms with E-state index in [-0.39, 0.29) is 42.1 Å². The lowest BCUT2D eigenvalue weighted by atomic mass is 9.91. The fourth-order valence-corrected chi connectivity index (χ4v) is 8.18. The zero-order valence-corrected chi connectivity index (χ0v) is 26.5. The van der Waals surface area contributed by atoms with Crippen LogP contribution in [0.3, 0.4) is 0 Å². The minimum atomic E-state index is -0.588. The highest BCUT2D eigenvalue weighted by Gasteiger charge is 2.37. The molecule has 2 heterocycles. The molecule has 40 heavy (non-hydrogen) atoms. The van der Waals surface area contributed by atoms with Crippen LogP contribution in [-0.4, -0.2) is 81.9 Å². The predicted octanol–water partition coefficient (Wildman–Crippen LogP) is 4.54. The molecule has 10 heteroatoms. The van der Waals surface area contributed by atoms with Gasteiger partial charge in [0, 0.05) is 43.1 Å². The molecular formula is C30H47ClN4O3S2. The number of carbonyl (C=O) groups is 3. The molecule has 7 nitrogen and oxygen atoms in total. The van der Waals surface area contributed by atoms with Gasteiger partial charge in [-0.05, 0) is 42.9 Å². The van der Waals surface area contributed by atoms with Crippen molar-refractivity contribution < 1.29 is 14.4 Å². The van der Waals surface area contributed by atoms with E-state index in [1.165, 1.54) is 37.7 Å². The van der Waals surface area contributed by atoms with Crippen LogP contribution in [0, 0.1) is 11.8 Å². The number of benzene rings is 1. The van der Waals surface area contributed by atoms with Crippen LogP contribution in [0.15, 0.2) is 30.3 Å². The second-order valence-corrected chi connectivity index (χ2v) is 13.7. The van der Waals surface area contributed by atoms with Gasteiger partial charge in [-0.1, -0.05) is 63.4 Å². The molecule has 1 aromatic rings. The first-order chi connectivity index (χ1) is 18.9. The zero-order valence-electron chi connectivity index (χ0n) is 24.0. The lowest BCUT2D eigenvalue weighted by Gasteiger charge is -2.33. The third kappa shape index (κ3) is 9.85. The number of piperidine rings is 1. The molecule has 1 saturated carbocycles. The van der Waals surface area contributed by atoms with Crippen LogP contribution in [0.4, 0.5) is 0 Å². The number of halogens is 1. The number of nitrogens with zero attached hydrogens (tertiary/aromatic N) is 2. The van der Waals surface area contributed by atoms with Gasteiger partial charge in [0.1, 0.15) is 12.1 Å². The molecule has 0 unspecified atom stereocenters. The average molecular weight is 611 g/mol. The van der Waals surface area contributed by atoms with Gasteiger partial charge in [-0.25, -0.2) is 0 Å². The highest BCUT2D eigenvalue weighted by atomic mass is 35.5. The number of likely N-dealkylation sites (tertiary alicyclic amines) is 1. The first-order valence-corrected chi connectivity index (χ1v) is 17.0. The van der Waals surface area contributed by atoms with E-state index in [0.717, 1.165) is 38.2 Å². The maximum absolute atomic E-state index is 13.5. The molecule has 2 N–H and O–H groups in total. The number of hydrogen-bond donors (Lipinski definition) is 2. The molecule has 0 bridgehead atoms. The highest BCUT2D eigenvalue weighted by Crippen LogP contribution is 2.27. The van der Waals surface area contributed by atoms with Crippen molar-refractivity contribution in [2.45, 2.75) is 83.5 Å². The summed E-state index contributed by atoms with van der Waals surface area (Å²) in [6, 6.07) is 9.53. The van der Waals surface area contributed by atoms with Crippen molar-refractivity contribution in [3.63, 3.8) is 0 Å². The second kappa shape index (κ2) is 16.9. The number of nitrogens with one attached hydrogen (secondary N) is 2. The molecule has 2 saturated heterocycles. The van der Waals surface area contributed by atoms with E-state index < -0.39 is 12.1 Å². The number of amides is 3. The molecule has 3 fully saturated rings. The van der Waals surface area contributed by atoms with E-state index >= 15 is 0 Å². The van der Waals surface area contributed by atoms with E-state index in [4.69, 9.17) is 0 Å². The smallest absolute Gasteiger partial charge is 0.244 e. The quantitative estimate of drug-likeness (QED) is 0.383. The summed E-state index contributed by atoms with van der Waals surface area (Å²) < 4.78 is 0. The Hall–Kier alpha value is -1.42. The highest BCUT2D eigenvalue weighted by molar-refractivity contribution is 7.99. The molecule has 1 aliphatic carbocycles. The van der Waals surface area contributed by atoms with E-state index in [0.29, 0.717) is 23.3 Å². The zero-order chi connectivity index (χ0) is 27.6. The molecule has 3 aliphatic rings. The Morgan fingerprint density at radius 2 is 1.73 bits per heavy atom. The van der Waals surface area contributed by atoms with Gasteiger partial charge in [-0.3, -0.25) is 19.3 Å². The summed E-state index contributed by atoms with van der Waals surface area (Å²) >= 11 is 3.39. The standard InChI is InChI=1S/C30H46N4O3S2.ClH/c1-22(2)30(37)34-21-39-20-27(34)29(36)32-26(19-38-18-24-11-7-4-8-12-24)28(35)31-25-13-15-33(16-14-25)17-23-9-5-3-6-10-23;/h3,5-6,9-10,22,24-27H,4,7-8,11-21H2,1-2H3,(H,31,35)(H,32,36);1H/t26-,27-;/m0./s1. The maximum Gasteiger partial charge on any atom is 0.244 e. The number of rotatable bonds is 11. The maximum atomic E-state index is 13.5. The SMILES string of the molecule is CC(C)C(=O)N1CSC[C@H]1C(=O)N[C@@H](CSCC1CCCCC1)C(=O)NC1CCN(Cc2ccccc2)CC1.Cl. The molecule has 224 valence electrons. The summed E-state index contributed by atoms with van der Waals surface area (Å²) in [7, 11) is 0. The average Bonchev–Trinajstić information content (AvgIpc) is 3.44. The third-order valence-electron chi connectivity index (χ3n) is 8.14. The molecule has 0 spiro atoms. The van der Waals surface area contributed by atoms with Crippen molar-refractivity contribution in [3.8, 4) is 0 Å². The molecule has 0 radical (unpaired) electrons. The fraction of sp³-hybridized carbons (Fsp3) is 0.700. The normalized spacial score (nSPS) is 21.6. The van der Waals surface area contributed by atoms with Crippen molar-refractivity contribution in [1.82, 2.24) is 20.4 Å². The Bertz CT molecular complexity index is 940. The van der Waals surface area contributed by atoms with E-state index in [1.54, 1.807) is 28.4 Å². The molecule has 3 amide bonds. The lowest BCUT2D eigenvalue weighted by Crippen LogP contribution is -2.57. The summed E-state index contributed by atoms with van der Waals surface area (Å²) in [5.74, 6) is 2.97. The van der Waals surface area contributed by atoms with Gasteiger partial charge in [0.25, 0.3) is 0 Å². The van der Waals surface area contributed by atoms with E-state index in [2.05, 4.69) is 39.8 Å². The van der Waals surface area contributed by atoms with Crippen LogP contribution in [0.5, 0.6) is 0 Å². The molecule has 2 aliphatic heterocycles. The Morgan fingerprint density at radius 1 is 1.02 bits per heavy atom. The van der Waals surface area contributed by atoms with Crippen LogP contribution in [0.25, 0.3) is 0 Å². The largest absolute Gasteiger partial charge is 0.351 e. The summed E-state index contributed by atoms with van der Waals surface area (Å²) in [5.41, 5.74) is 1.31. The van der Waals surface area contributed by atoms with Crippen molar-refractivity contribution >= 4 is 53.7 Å². The number of carbonyl (C=O) groups excluding carboxylic acids is 3. The Labute approximate surface area is 255 Å². The van der Waals surface area contributed by atoms with Gasteiger partial charge in [0.05, 0.1) is 5.88 Å². The van der Waals surface area contributed by atoms with Crippen molar-refractivity contribution in [2.24, 2.45) is 11.8 Å². The lowest BCUT2D eigenvalue weighted by molar-refractivity contribution is -0.141. The summed E-state index contributed by atoms with van der Waals surface area (Å²) in [6.07, 6.45) is 8.28. The Balaban J connectivity index is 0.00000441. The van der Waals surface area contributed by atoms with E-state index in [1.807, 2.05) is 19.9 Å². The number of thioether (sulfide) groups is 2. The first-order valence-electron chi connectivity index (χ1n) is 14.7. The van der Waals surface area contributed by atoms with Crippen molar-refractivity contribution in [3.05, 3.63) is 35.9 Å². The van der Waals surface area contributed by atoms with Crippen molar-refractivity contribution in [2.75, 3.05) is 36.2 Å². The molecule has 0 aromatic heterocycles. The monoisotopic (exact) mass is 610 g/mol. The first kappa shape index (κ1) is 33.1. The van der Waals surface area contributed by atoms with Gasteiger partial charge in [-0.15, -0.1) is 24.2 Å². The van der Waals surface area contributed by atoms with Crippen LogP contribution < -0.4 is 10.6 Å². The van der Waals surface area contributed by atoms with Crippen molar-refractivity contribution in [1.29, 1.82) is 0 Å². The molecule has 1 aromatic carbocycles. The second-order valence-electron chi connectivity index (χ2n) is 11.6. The predicted molar refractivity (Wildman–Crippen MR) is 169 cm³/mol. The van der Waals surface area contributed by atoms with E-state index in [9.17, 15) is 14.4 Å². The Kier molecular flexibility index (Phi) is 14.0. The fourth-order valence-electron chi connectivity index (χ4n) is 5.74. The minimum Gasteiger partial charge on any atom is -0.351 e. The summed E-state index contributed by atoms with van der Waals surface area (Å²) in [6.45, 7) is 6.55. The summed E-state index contributed by atoms with van der Waals surface area (Å²) in [4.78, 5) is 43.7. The summed E-state index contributed by atoms with van der Waals surface area (Å²) in [5, 5.41) is 6.32. The van der Waals surface area contributed by atoms with Gasteiger partial charge in [0.2, 0.25) is 17.7 Å². The van der Waals surface area contributed by atoms with Gasteiger partial charge in [0.15, 0.2) is 0 Å². The Morgan fingerprint density at radius 3 is 2.40 bits per heavy atom. The van der Waals surface area contributed by atoms with Crippen LogP contribution in [0.1, 0.15) is 64.4 Å². The molecule has 2 atom stereocenters.